The van der Waals surface area contributed by atoms with Gasteiger partial charge in [-0.3, -0.25) is 9.48 Å². The molecule has 3 aromatic rings. The van der Waals surface area contributed by atoms with Crippen molar-refractivity contribution >= 4 is 5.91 Å². The summed E-state index contributed by atoms with van der Waals surface area (Å²) in [4.78, 5) is 12.5. The van der Waals surface area contributed by atoms with Crippen LogP contribution in [0.25, 0.3) is 5.69 Å². The molecule has 0 saturated carbocycles. The number of aromatic nitrogens is 6. The Labute approximate surface area is 139 Å². The van der Waals surface area contributed by atoms with Crippen LogP contribution < -0.4 is 5.32 Å². The third-order valence-corrected chi connectivity index (χ3v) is 3.66. The standard InChI is InChI=1S/C16H19N7O/c1-4-22-14(10-11(2)19-22)16(24)17-12(3)15-18-20-21-23(15)13-8-6-5-7-9-13/h5-10,12H,4H2,1-3H3,(H,17,24)/t12-/m0/s1. The van der Waals surface area contributed by atoms with Crippen molar-refractivity contribution in [3.8, 4) is 5.69 Å². The van der Waals surface area contributed by atoms with Gasteiger partial charge in [0.15, 0.2) is 5.82 Å². The van der Waals surface area contributed by atoms with E-state index >= 15 is 0 Å². The molecule has 0 fully saturated rings. The molecule has 0 saturated heterocycles. The second kappa shape index (κ2) is 6.61. The van der Waals surface area contributed by atoms with Crippen molar-refractivity contribution in [2.75, 3.05) is 0 Å². The van der Waals surface area contributed by atoms with E-state index in [0.717, 1.165) is 11.4 Å². The minimum Gasteiger partial charge on any atom is -0.341 e. The first-order valence-electron chi connectivity index (χ1n) is 7.79. The van der Waals surface area contributed by atoms with E-state index in [1.807, 2.05) is 51.1 Å². The molecule has 24 heavy (non-hydrogen) atoms. The van der Waals surface area contributed by atoms with E-state index in [0.29, 0.717) is 18.1 Å². The first-order chi connectivity index (χ1) is 11.6. The predicted octanol–water partition coefficient (Wildman–Crippen LogP) is 1.68. The van der Waals surface area contributed by atoms with Crippen LogP contribution in [0.5, 0.6) is 0 Å². The Hall–Kier alpha value is -3.03. The molecule has 1 N–H and O–H groups in total. The molecule has 0 aliphatic heterocycles. The van der Waals surface area contributed by atoms with E-state index in [1.165, 1.54) is 0 Å². The molecule has 8 nitrogen and oxygen atoms in total. The Morgan fingerprint density at radius 2 is 2.04 bits per heavy atom. The van der Waals surface area contributed by atoms with Gasteiger partial charge in [-0.1, -0.05) is 18.2 Å². The smallest absolute Gasteiger partial charge is 0.270 e. The van der Waals surface area contributed by atoms with E-state index < -0.39 is 0 Å². The van der Waals surface area contributed by atoms with Gasteiger partial charge in [-0.05, 0) is 49.4 Å². The average molecular weight is 325 g/mol. The molecule has 1 amide bonds. The highest BCUT2D eigenvalue weighted by atomic mass is 16.2. The summed E-state index contributed by atoms with van der Waals surface area (Å²) in [5.74, 6) is 0.362. The van der Waals surface area contributed by atoms with E-state index in [-0.39, 0.29) is 11.9 Å². The molecule has 0 bridgehead atoms. The molecule has 0 radical (unpaired) electrons. The van der Waals surface area contributed by atoms with Crippen molar-refractivity contribution in [2.45, 2.75) is 33.4 Å². The highest BCUT2D eigenvalue weighted by Gasteiger charge is 2.20. The highest BCUT2D eigenvalue weighted by Crippen LogP contribution is 2.14. The number of nitrogens with zero attached hydrogens (tertiary/aromatic N) is 6. The summed E-state index contributed by atoms with van der Waals surface area (Å²) in [5.41, 5.74) is 2.18. The van der Waals surface area contributed by atoms with Crippen LogP contribution in [0.4, 0.5) is 0 Å². The van der Waals surface area contributed by atoms with Gasteiger partial charge in [-0.15, -0.1) is 5.10 Å². The second-order valence-electron chi connectivity index (χ2n) is 5.47. The number of hydrogen-bond donors (Lipinski definition) is 1. The number of nitrogens with one attached hydrogen (secondary N) is 1. The fourth-order valence-electron chi connectivity index (χ4n) is 2.52. The second-order valence-corrected chi connectivity index (χ2v) is 5.47. The number of aryl methyl sites for hydroxylation is 2. The molecule has 0 aliphatic carbocycles. The minimum absolute atomic E-state index is 0.201. The zero-order chi connectivity index (χ0) is 17.1. The molecule has 0 spiro atoms. The first-order valence-corrected chi connectivity index (χ1v) is 7.79. The summed E-state index contributed by atoms with van der Waals surface area (Å²) >= 11 is 0. The van der Waals surface area contributed by atoms with E-state index in [2.05, 4.69) is 25.9 Å². The molecule has 3 rings (SSSR count). The van der Waals surface area contributed by atoms with Crippen LogP contribution in [-0.4, -0.2) is 35.9 Å². The van der Waals surface area contributed by atoms with E-state index in [9.17, 15) is 4.79 Å². The number of rotatable bonds is 5. The molecule has 124 valence electrons. The normalized spacial score (nSPS) is 12.1. The summed E-state index contributed by atoms with van der Waals surface area (Å²) in [7, 11) is 0. The Kier molecular flexibility index (Phi) is 4.37. The quantitative estimate of drug-likeness (QED) is 0.770. The fourth-order valence-corrected chi connectivity index (χ4v) is 2.52. The van der Waals surface area contributed by atoms with Gasteiger partial charge in [-0.2, -0.15) is 9.78 Å². The van der Waals surface area contributed by atoms with Crippen molar-refractivity contribution < 1.29 is 4.79 Å². The predicted molar refractivity (Wildman–Crippen MR) is 87.7 cm³/mol. The lowest BCUT2D eigenvalue weighted by Gasteiger charge is -2.14. The van der Waals surface area contributed by atoms with Crippen LogP contribution in [0.1, 0.15) is 41.9 Å². The van der Waals surface area contributed by atoms with Crippen LogP contribution in [0.15, 0.2) is 36.4 Å². The van der Waals surface area contributed by atoms with Gasteiger partial charge >= 0.3 is 0 Å². The number of para-hydroxylation sites is 1. The molecule has 1 atom stereocenters. The summed E-state index contributed by atoms with van der Waals surface area (Å²) in [5, 5.41) is 19.0. The lowest BCUT2D eigenvalue weighted by molar-refractivity contribution is 0.0927. The Morgan fingerprint density at radius 3 is 2.75 bits per heavy atom. The number of hydrogen-bond acceptors (Lipinski definition) is 5. The number of carbonyl (C=O) groups is 1. The summed E-state index contributed by atoms with van der Waals surface area (Å²) in [6.07, 6.45) is 0. The number of benzene rings is 1. The van der Waals surface area contributed by atoms with Crippen molar-refractivity contribution in [1.82, 2.24) is 35.3 Å². The maximum Gasteiger partial charge on any atom is 0.270 e. The van der Waals surface area contributed by atoms with Crippen LogP contribution in [0.2, 0.25) is 0 Å². The van der Waals surface area contributed by atoms with Gasteiger partial charge in [0.05, 0.1) is 17.4 Å². The molecular formula is C16H19N7O. The van der Waals surface area contributed by atoms with E-state index in [4.69, 9.17) is 0 Å². The van der Waals surface area contributed by atoms with E-state index in [1.54, 1.807) is 15.4 Å². The third-order valence-electron chi connectivity index (χ3n) is 3.66. The number of amides is 1. The van der Waals surface area contributed by atoms with Crippen molar-refractivity contribution in [1.29, 1.82) is 0 Å². The van der Waals surface area contributed by atoms with Crippen molar-refractivity contribution in [2.24, 2.45) is 0 Å². The maximum absolute atomic E-state index is 12.5. The molecule has 2 aromatic heterocycles. The zero-order valence-electron chi connectivity index (χ0n) is 13.8. The fraction of sp³-hybridized carbons (Fsp3) is 0.312. The molecule has 2 heterocycles. The SMILES string of the molecule is CCn1nc(C)cc1C(=O)N[C@@H](C)c1nnnn1-c1ccccc1. The van der Waals surface area contributed by atoms with Gasteiger partial charge in [0.1, 0.15) is 5.69 Å². The summed E-state index contributed by atoms with van der Waals surface area (Å²) in [6.45, 7) is 6.29. The molecular weight excluding hydrogens is 306 g/mol. The maximum atomic E-state index is 12.5. The van der Waals surface area contributed by atoms with Gasteiger partial charge in [-0.25, -0.2) is 0 Å². The average Bonchev–Trinajstić information content (AvgIpc) is 3.22. The Balaban J connectivity index is 1.82. The highest BCUT2D eigenvalue weighted by molar-refractivity contribution is 5.92. The van der Waals surface area contributed by atoms with Gasteiger partial charge < -0.3 is 5.32 Å². The summed E-state index contributed by atoms with van der Waals surface area (Å²) in [6, 6.07) is 11.0. The van der Waals surface area contributed by atoms with Crippen LogP contribution in [0, 0.1) is 6.92 Å². The lowest BCUT2D eigenvalue weighted by Crippen LogP contribution is -2.30. The third kappa shape index (κ3) is 3.03. The zero-order valence-corrected chi connectivity index (χ0v) is 13.8. The molecule has 1 aromatic carbocycles. The van der Waals surface area contributed by atoms with Crippen LogP contribution in [-0.2, 0) is 6.54 Å². The number of tetrazole rings is 1. The van der Waals surface area contributed by atoms with Gasteiger partial charge in [0.25, 0.3) is 5.91 Å². The Bertz CT molecular complexity index is 837. The lowest BCUT2D eigenvalue weighted by atomic mass is 10.2. The first kappa shape index (κ1) is 15.9. The Morgan fingerprint density at radius 1 is 1.29 bits per heavy atom. The number of carbonyl (C=O) groups excluding carboxylic acids is 1. The molecule has 8 heteroatoms. The molecule has 0 aliphatic rings. The van der Waals surface area contributed by atoms with Crippen LogP contribution in [0.3, 0.4) is 0 Å². The largest absolute Gasteiger partial charge is 0.341 e. The van der Waals surface area contributed by atoms with Crippen molar-refractivity contribution in [3.05, 3.63) is 53.6 Å². The van der Waals surface area contributed by atoms with Gasteiger partial charge in [0.2, 0.25) is 0 Å². The van der Waals surface area contributed by atoms with Gasteiger partial charge in [0, 0.05) is 6.54 Å². The van der Waals surface area contributed by atoms with Crippen molar-refractivity contribution in [3.63, 3.8) is 0 Å². The topological polar surface area (TPSA) is 90.5 Å². The minimum atomic E-state index is -0.354. The monoisotopic (exact) mass is 325 g/mol. The summed E-state index contributed by atoms with van der Waals surface area (Å²) < 4.78 is 3.30. The molecule has 0 unspecified atom stereocenters. The van der Waals surface area contributed by atoms with Crippen LogP contribution >= 0.6 is 0 Å².